The quantitative estimate of drug-likeness (QED) is 0.739. The Morgan fingerprint density at radius 2 is 1.76 bits per heavy atom. The van der Waals surface area contributed by atoms with Gasteiger partial charge in [-0.05, 0) is 55.7 Å². The van der Waals surface area contributed by atoms with Gasteiger partial charge in [0.25, 0.3) is 5.91 Å². The number of phenolic OH excluding ortho intramolecular Hbond substituents is 1. The molecule has 0 aromatic heterocycles. The van der Waals surface area contributed by atoms with Crippen molar-refractivity contribution in [3.05, 3.63) is 66.2 Å². The van der Waals surface area contributed by atoms with E-state index in [2.05, 4.69) is 5.32 Å². The molecule has 0 radical (unpaired) electrons. The van der Waals surface area contributed by atoms with E-state index in [1.807, 2.05) is 30.3 Å². The van der Waals surface area contributed by atoms with E-state index in [1.54, 1.807) is 36.1 Å². The average molecular weight is 394 g/mol. The van der Waals surface area contributed by atoms with Gasteiger partial charge in [-0.15, -0.1) is 0 Å². The Morgan fingerprint density at radius 3 is 2.41 bits per heavy atom. The number of carbonyl (C=O) groups excluding carboxylic acids is 2. The van der Waals surface area contributed by atoms with Crippen LogP contribution in [0.15, 0.2) is 60.7 Å². The summed E-state index contributed by atoms with van der Waals surface area (Å²) in [6.45, 7) is 2.88. The smallest absolute Gasteiger partial charge is 0.263 e. The average Bonchev–Trinajstić information content (AvgIpc) is 2.74. The van der Waals surface area contributed by atoms with Crippen LogP contribution in [-0.4, -0.2) is 47.1 Å². The van der Waals surface area contributed by atoms with E-state index in [4.69, 9.17) is 4.74 Å². The molecule has 2 amide bonds. The first-order chi connectivity index (χ1) is 14.0. The lowest BCUT2D eigenvalue weighted by Gasteiger charge is -2.33. The summed E-state index contributed by atoms with van der Waals surface area (Å²) >= 11 is 0. The molecule has 1 heterocycles. The second kappa shape index (κ2) is 9.78. The molecule has 6 nitrogen and oxygen atoms in total. The minimum Gasteiger partial charge on any atom is -0.508 e. The fraction of sp³-hybridized carbons (Fsp3) is 0.304. The lowest BCUT2D eigenvalue weighted by atomic mass is 10.0. The minimum atomic E-state index is -0.612. The molecule has 1 atom stereocenters. The molecule has 1 saturated heterocycles. The second-order valence-electron chi connectivity index (χ2n) is 7.11. The van der Waals surface area contributed by atoms with Crippen molar-refractivity contribution in [3.8, 4) is 11.5 Å². The number of ether oxygens (including phenoxy) is 1. The summed E-state index contributed by atoms with van der Waals surface area (Å²) in [5, 5.41) is 12.3. The third-order valence-electron chi connectivity index (χ3n) is 4.88. The van der Waals surface area contributed by atoms with Gasteiger partial charge in [0.2, 0.25) is 5.91 Å². The summed E-state index contributed by atoms with van der Waals surface area (Å²) in [5.74, 6) is 0.490. The van der Waals surface area contributed by atoms with Gasteiger partial charge in [0.15, 0.2) is 6.10 Å². The fourth-order valence-corrected chi connectivity index (χ4v) is 3.27. The van der Waals surface area contributed by atoms with Crippen molar-refractivity contribution in [3.63, 3.8) is 0 Å². The normalized spacial score (nSPS) is 15.8. The highest BCUT2D eigenvalue weighted by Crippen LogP contribution is 2.19. The molecule has 1 fully saturated rings. The number of hydrogen-bond acceptors (Lipinski definition) is 4. The number of rotatable bonds is 6. The zero-order chi connectivity index (χ0) is 20.6. The van der Waals surface area contributed by atoms with Crippen LogP contribution in [0.3, 0.4) is 0 Å². The molecule has 0 saturated carbocycles. The van der Waals surface area contributed by atoms with Crippen LogP contribution in [0.25, 0.3) is 6.08 Å². The Morgan fingerprint density at radius 1 is 1.10 bits per heavy atom. The van der Waals surface area contributed by atoms with Crippen LogP contribution in [0.1, 0.15) is 25.3 Å². The fourth-order valence-electron chi connectivity index (χ4n) is 3.27. The molecule has 152 valence electrons. The molecular formula is C23H26N2O4. The maximum atomic E-state index is 12.6. The van der Waals surface area contributed by atoms with Crippen LogP contribution < -0.4 is 10.1 Å². The molecule has 3 rings (SSSR count). The van der Waals surface area contributed by atoms with Crippen LogP contribution in [-0.2, 0) is 9.59 Å². The number of hydrogen-bond donors (Lipinski definition) is 2. The van der Waals surface area contributed by atoms with Gasteiger partial charge in [0.1, 0.15) is 11.5 Å². The predicted molar refractivity (Wildman–Crippen MR) is 111 cm³/mol. The number of nitrogens with zero attached hydrogens (tertiary/aromatic N) is 1. The predicted octanol–water partition coefficient (Wildman–Crippen LogP) is 2.98. The molecular weight excluding hydrogens is 368 g/mol. The van der Waals surface area contributed by atoms with Gasteiger partial charge in [-0.2, -0.15) is 0 Å². The number of nitrogens with one attached hydrogen (secondary N) is 1. The number of phenols is 1. The molecule has 29 heavy (non-hydrogen) atoms. The van der Waals surface area contributed by atoms with E-state index in [-0.39, 0.29) is 23.6 Å². The Bertz CT molecular complexity index is 841. The standard InChI is InChI=1S/C23H26N2O4/c1-17(29-21-10-8-20(26)9-11-21)23(28)25-15-13-19(14-16-25)24-22(27)12-7-18-5-3-2-4-6-18/h2-12,17,19,26H,13-16H2,1H3,(H,24,27)/b12-7+. The Balaban J connectivity index is 1.43. The van der Waals surface area contributed by atoms with E-state index >= 15 is 0 Å². The van der Waals surface area contributed by atoms with E-state index in [9.17, 15) is 14.7 Å². The summed E-state index contributed by atoms with van der Waals surface area (Å²) in [6, 6.07) is 16.0. The Kier molecular flexibility index (Phi) is 6.89. The molecule has 6 heteroatoms. The third-order valence-corrected chi connectivity index (χ3v) is 4.88. The van der Waals surface area contributed by atoms with Crippen LogP contribution >= 0.6 is 0 Å². The first-order valence-corrected chi connectivity index (χ1v) is 9.79. The van der Waals surface area contributed by atoms with Crippen molar-refractivity contribution in [2.24, 2.45) is 0 Å². The largest absolute Gasteiger partial charge is 0.508 e. The van der Waals surface area contributed by atoms with Gasteiger partial charge < -0.3 is 20.1 Å². The van der Waals surface area contributed by atoms with Crippen molar-refractivity contribution >= 4 is 17.9 Å². The molecule has 2 aromatic carbocycles. The van der Waals surface area contributed by atoms with Crippen LogP contribution in [0.4, 0.5) is 0 Å². The van der Waals surface area contributed by atoms with Crippen molar-refractivity contribution < 1.29 is 19.4 Å². The van der Waals surface area contributed by atoms with Crippen LogP contribution in [0.5, 0.6) is 11.5 Å². The molecule has 2 aromatic rings. The molecule has 0 aliphatic carbocycles. The van der Waals surface area contributed by atoms with E-state index in [1.165, 1.54) is 12.1 Å². The maximum absolute atomic E-state index is 12.6. The first-order valence-electron chi connectivity index (χ1n) is 9.79. The van der Waals surface area contributed by atoms with Crippen molar-refractivity contribution in [2.75, 3.05) is 13.1 Å². The van der Waals surface area contributed by atoms with E-state index in [0.717, 1.165) is 5.56 Å². The highest BCUT2D eigenvalue weighted by Gasteiger charge is 2.27. The zero-order valence-corrected chi connectivity index (χ0v) is 16.5. The molecule has 2 N–H and O–H groups in total. The second-order valence-corrected chi connectivity index (χ2v) is 7.11. The van der Waals surface area contributed by atoms with Gasteiger partial charge in [-0.25, -0.2) is 0 Å². The molecule has 0 bridgehead atoms. The van der Waals surface area contributed by atoms with E-state index < -0.39 is 6.10 Å². The van der Waals surface area contributed by atoms with Crippen LogP contribution in [0, 0.1) is 0 Å². The summed E-state index contributed by atoms with van der Waals surface area (Å²) in [6.07, 6.45) is 4.14. The summed E-state index contributed by atoms with van der Waals surface area (Å²) in [7, 11) is 0. The zero-order valence-electron chi connectivity index (χ0n) is 16.5. The minimum absolute atomic E-state index is 0.0558. The number of piperidine rings is 1. The summed E-state index contributed by atoms with van der Waals surface area (Å²) < 4.78 is 5.67. The lowest BCUT2D eigenvalue weighted by Crippen LogP contribution is -2.49. The highest BCUT2D eigenvalue weighted by atomic mass is 16.5. The van der Waals surface area contributed by atoms with E-state index in [0.29, 0.717) is 31.7 Å². The SMILES string of the molecule is CC(Oc1ccc(O)cc1)C(=O)N1CCC(NC(=O)/C=C/c2ccccc2)CC1. The number of aromatic hydroxyl groups is 1. The lowest BCUT2D eigenvalue weighted by molar-refractivity contribution is -0.139. The molecule has 0 spiro atoms. The number of benzene rings is 2. The number of amides is 2. The Labute approximate surface area is 170 Å². The van der Waals surface area contributed by atoms with Gasteiger partial charge >= 0.3 is 0 Å². The summed E-state index contributed by atoms with van der Waals surface area (Å²) in [5.41, 5.74) is 0.977. The van der Waals surface area contributed by atoms with Gasteiger partial charge in [0, 0.05) is 25.2 Å². The topological polar surface area (TPSA) is 78.9 Å². The van der Waals surface area contributed by atoms with Gasteiger partial charge in [-0.3, -0.25) is 9.59 Å². The third kappa shape index (κ3) is 6.10. The van der Waals surface area contributed by atoms with Gasteiger partial charge in [0.05, 0.1) is 0 Å². The summed E-state index contributed by atoms with van der Waals surface area (Å²) in [4.78, 5) is 26.5. The highest BCUT2D eigenvalue weighted by molar-refractivity contribution is 5.91. The Hall–Kier alpha value is -3.28. The van der Waals surface area contributed by atoms with Crippen molar-refractivity contribution in [2.45, 2.75) is 31.9 Å². The molecule has 1 unspecified atom stereocenters. The number of carbonyl (C=O) groups is 2. The molecule has 1 aliphatic heterocycles. The number of likely N-dealkylation sites (tertiary alicyclic amines) is 1. The van der Waals surface area contributed by atoms with Crippen molar-refractivity contribution in [1.29, 1.82) is 0 Å². The van der Waals surface area contributed by atoms with Crippen molar-refractivity contribution in [1.82, 2.24) is 10.2 Å². The van der Waals surface area contributed by atoms with Crippen LogP contribution in [0.2, 0.25) is 0 Å². The maximum Gasteiger partial charge on any atom is 0.263 e. The molecule has 1 aliphatic rings. The monoisotopic (exact) mass is 394 g/mol. The first kappa shape index (κ1) is 20.5. The van der Waals surface area contributed by atoms with Gasteiger partial charge in [-0.1, -0.05) is 30.3 Å².